The van der Waals surface area contributed by atoms with E-state index in [4.69, 9.17) is 11.6 Å². The van der Waals surface area contributed by atoms with Crippen LogP contribution in [0, 0.1) is 0 Å². The van der Waals surface area contributed by atoms with Crippen LogP contribution in [0.4, 0.5) is 0 Å². The minimum atomic E-state index is -0.0917. The largest absolute Gasteiger partial charge is 0.354 e. The molecule has 1 atom stereocenters. The molecule has 0 aromatic heterocycles. The Morgan fingerprint density at radius 1 is 1.13 bits per heavy atom. The van der Waals surface area contributed by atoms with Crippen LogP contribution >= 0.6 is 35.1 Å². The molecule has 0 aliphatic heterocycles. The van der Waals surface area contributed by atoms with E-state index in [9.17, 15) is 4.79 Å². The first-order valence-corrected chi connectivity index (χ1v) is 9.88. The molecule has 5 heteroatoms. The summed E-state index contributed by atoms with van der Waals surface area (Å²) in [7, 11) is 0. The highest BCUT2D eigenvalue weighted by atomic mass is 35.5. The molecule has 2 aromatic rings. The van der Waals surface area contributed by atoms with Crippen molar-refractivity contribution in [2.45, 2.75) is 22.8 Å². The summed E-state index contributed by atoms with van der Waals surface area (Å²) in [6.45, 7) is 2.61. The summed E-state index contributed by atoms with van der Waals surface area (Å²) >= 11 is 9.47. The van der Waals surface area contributed by atoms with E-state index in [-0.39, 0.29) is 11.2 Å². The maximum atomic E-state index is 12.1. The van der Waals surface area contributed by atoms with Crippen molar-refractivity contribution in [2.75, 3.05) is 12.3 Å². The number of benzene rings is 2. The topological polar surface area (TPSA) is 29.1 Å². The van der Waals surface area contributed by atoms with Crippen LogP contribution in [0.5, 0.6) is 0 Å². The molecule has 0 radical (unpaired) electrons. The monoisotopic (exact) mass is 365 g/mol. The quantitative estimate of drug-likeness (QED) is 0.534. The first-order valence-electron chi connectivity index (χ1n) is 7.47. The van der Waals surface area contributed by atoms with Gasteiger partial charge in [-0.25, -0.2) is 0 Å². The Balaban J connectivity index is 1.64. The number of thioether (sulfide) groups is 2. The van der Waals surface area contributed by atoms with Crippen LogP contribution in [0.2, 0.25) is 5.02 Å². The Hall–Kier alpha value is -1.10. The smallest absolute Gasteiger partial charge is 0.233 e. The van der Waals surface area contributed by atoms with Crippen molar-refractivity contribution in [3.05, 3.63) is 65.2 Å². The third-order valence-corrected chi connectivity index (χ3v) is 5.67. The Morgan fingerprint density at radius 3 is 2.57 bits per heavy atom. The lowest BCUT2D eigenvalue weighted by Crippen LogP contribution is -2.32. The highest BCUT2D eigenvalue weighted by Crippen LogP contribution is 2.23. The maximum absolute atomic E-state index is 12.1. The van der Waals surface area contributed by atoms with Crippen molar-refractivity contribution >= 4 is 41.0 Å². The average molecular weight is 366 g/mol. The van der Waals surface area contributed by atoms with Gasteiger partial charge in [0.05, 0.1) is 5.25 Å². The molecule has 0 aliphatic carbocycles. The molecule has 0 unspecified atom stereocenters. The number of nitrogens with one attached hydrogen (secondary N) is 1. The lowest BCUT2D eigenvalue weighted by atomic mass is 10.2. The van der Waals surface area contributed by atoms with Gasteiger partial charge in [-0.3, -0.25) is 4.79 Å². The van der Waals surface area contributed by atoms with Crippen molar-refractivity contribution < 1.29 is 4.79 Å². The fourth-order valence-electron chi connectivity index (χ4n) is 1.94. The molecule has 2 nitrogen and oxygen atoms in total. The number of amides is 1. The number of rotatable bonds is 8. The summed E-state index contributed by atoms with van der Waals surface area (Å²) in [5.74, 6) is 1.82. The molecule has 1 amide bonds. The van der Waals surface area contributed by atoms with Gasteiger partial charge in [0.15, 0.2) is 0 Å². The van der Waals surface area contributed by atoms with Crippen LogP contribution in [0.1, 0.15) is 12.5 Å². The summed E-state index contributed by atoms with van der Waals surface area (Å²) < 4.78 is 0. The van der Waals surface area contributed by atoms with Crippen LogP contribution < -0.4 is 5.32 Å². The Bertz CT molecular complexity index is 621. The molecule has 1 N–H and O–H groups in total. The first-order chi connectivity index (χ1) is 11.2. The van der Waals surface area contributed by atoms with Gasteiger partial charge in [0.25, 0.3) is 0 Å². The summed E-state index contributed by atoms with van der Waals surface area (Å²) in [5, 5.41) is 3.70. The van der Waals surface area contributed by atoms with E-state index in [1.54, 1.807) is 23.5 Å². The first kappa shape index (κ1) is 18.2. The fraction of sp³-hybridized carbons (Fsp3) is 0.278. The predicted molar refractivity (Wildman–Crippen MR) is 102 cm³/mol. The van der Waals surface area contributed by atoms with Gasteiger partial charge in [-0.15, -0.1) is 11.8 Å². The Labute approximate surface area is 151 Å². The highest BCUT2D eigenvalue weighted by Gasteiger charge is 2.13. The fourth-order valence-corrected chi connectivity index (χ4v) is 4.00. The SMILES string of the molecule is C[C@H](Sc1ccccc1)C(=O)NCCSCc1ccccc1Cl. The van der Waals surface area contributed by atoms with E-state index >= 15 is 0 Å². The van der Waals surface area contributed by atoms with Crippen LogP contribution in [0.3, 0.4) is 0 Å². The number of hydrogen-bond acceptors (Lipinski definition) is 3. The normalized spacial score (nSPS) is 11.9. The third-order valence-electron chi connectivity index (χ3n) is 3.19. The summed E-state index contributed by atoms with van der Waals surface area (Å²) in [4.78, 5) is 13.2. The number of carbonyl (C=O) groups is 1. The zero-order valence-corrected chi connectivity index (χ0v) is 15.4. The molecule has 2 aromatic carbocycles. The molecule has 0 bridgehead atoms. The van der Waals surface area contributed by atoms with E-state index in [1.807, 2.05) is 61.5 Å². The van der Waals surface area contributed by atoms with Gasteiger partial charge < -0.3 is 5.32 Å². The van der Waals surface area contributed by atoms with Gasteiger partial charge >= 0.3 is 0 Å². The van der Waals surface area contributed by atoms with Gasteiger partial charge in [0, 0.05) is 28.0 Å². The Morgan fingerprint density at radius 2 is 1.83 bits per heavy atom. The number of halogens is 1. The van der Waals surface area contributed by atoms with Gasteiger partial charge in [-0.2, -0.15) is 11.8 Å². The molecule has 0 saturated heterocycles. The van der Waals surface area contributed by atoms with Crippen LogP contribution in [-0.4, -0.2) is 23.5 Å². The summed E-state index contributed by atoms with van der Waals surface area (Å²) in [6.07, 6.45) is 0. The zero-order chi connectivity index (χ0) is 16.5. The average Bonchev–Trinajstić information content (AvgIpc) is 2.57. The number of hydrogen-bond donors (Lipinski definition) is 1. The summed E-state index contributed by atoms with van der Waals surface area (Å²) in [6, 6.07) is 17.9. The van der Waals surface area contributed by atoms with Crippen molar-refractivity contribution in [1.29, 1.82) is 0 Å². The minimum absolute atomic E-state index is 0.0807. The molecule has 0 aliphatic rings. The molecule has 0 heterocycles. The standard InChI is InChI=1S/C18H20ClNOS2/c1-14(23-16-8-3-2-4-9-16)18(21)20-11-12-22-13-15-7-5-6-10-17(15)19/h2-10,14H,11-13H2,1H3,(H,20,21)/t14-/m0/s1. The van der Waals surface area contributed by atoms with Crippen molar-refractivity contribution in [3.8, 4) is 0 Å². The molecule has 2 rings (SSSR count). The van der Waals surface area contributed by atoms with Crippen molar-refractivity contribution in [1.82, 2.24) is 5.32 Å². The van der Waals surface area contributed by atoms with Gasteiger partial charge in [-0.05, 0) is 30.7 Å². The molecule has 0 saturated carbocycles. The van der Waals surface area contributed by atoms with Crippen LogP contribution in [0.15, 0.2) is 59.5 Å². The maximum Gasteiger partial charge on any atom is 0.233 e. The molecule has 0 fully saturated rings. The van der Waals surface area contributed by atoms with Crippen molar-refractivity contribution in [3.63, 3.8) is 0 Å². The summed E-state index contributed by atoms with van der Waals surface area (Å²) in [5.41, 5.74) is 1.14. The highest BCUT2D eigenvalue weighted by molar-refractivity contribution is 8.00. The second-order valence-electron chi connectivity index (χ2n) is 5.01. The van der Waals surface area contributed by atoms with Crippen LogP contribution in [-0.2, 0) is 10.5 Å². The van der Waals surface area contributed by atoms with Gasteiger partial charge in [-0.1, -0.05) is 48.0 Å². The minimum Gasteiger partial charge on any atom is -0.354 e. The van der Waals surface area contributed by atoms with Crippen molar-refractivity contribution in [2.24, 2.45) is 0 Å². The molecule has 0 spiro atoms. The third kappa shape index (κ3) is 6.50. The lowest BCUT2D eigenvalue weighted by molar-refractivity contribution is -0.120. The second-order valence-corrected chi connectivity index (χ2v) is 7.93. The van der Waals surface area contributed by atoms with E-state index in [0.29, 0.717) is 6.54 Å². The number of carbonyl (C=O) groups excluding carboxylic acids is 1. The lowest BCUT2D eigenvalue weighted by Gasteiger charge is -2.12. The molecular weight excluding hydrogens is 346 g/mol. The zero-order valence-electron chi connectivity index (χ0n) is 13.0. The molecule has 23 heavy (non-hydrogen) atoms. The van der Waals surface area contributed by atoms with Gasteiger partial charge in [0.2, 0.25) is 5.91 Å². The Kier molecular flexibility index (Phi) is 7.86. The van der Waals surface area contributed by atoms with E-state index < -0.39 is 0 Å². The van der Waals surface area contributed by atoms with E-state index in [2.05, 4.69) is 5.32 Å². The molecular formula is C18H20ClNOS2. The van der Waals surface area contributed by atoms with E-state index in [0.717, 1.165) is 27.0 Å². The van der Waals surface area contributed by atoms with Crippen LogP contribution in [0.25, 0.3) is 0 Å². The second kappa shape index (κ2) is 9.91. The molecule has 122 valence electrons. The predicted octanol–water partition coefficient (Wildman–Crippen LogP) is 4.87. The van der Waals surface area contributed by atoms with E-state index in [1.165, 1.54) is 0 Å². The van der Waals surface area contributed by atoms with Gasteiger partial charge in [0.1, 0.15) is 0 Å².